The number of ether oxygens (including phenoxy) is 1. The van der Waals surface area contributed by atoms with E-state index in [0.717, 1.165) is 50.7 Å². The molecule has 2 heterocycles. The van der Waals surface area contributed by atoms with E-state index in [1.807, 2.05) is 18.3 Å². The van der Waals surface area contributed by atoms with Crippen molar-refractivity contribution in [1.29, 1.82) is 0 Å². The number of piperidine rings is 1. The predicted molar refractivity (Wildman–Crippen MR) is 145 cm³/mol. The Morgan fingerprint density at radius 3 is 2.57 bits per heavy atom. The van der Waals surface area contributed by atoms with E-state index in [0.29, 0.717) is 6.54 Å². The molecule has 2 aliphatic rings. The van der Waals surface area contributed by atoms with E-state index in [-0.39, 0.29) is 23.8 Å². The first-order valence-electron chi connectivity index (χ1n) is 12.7. The van der Waals surface area contributed by atoms with Crippen LogP contribution >= 0.6 is 9.24 Å². The highest BCUT2D eigenvalue weighted by atomic mass is 31.0. The van der Waals surface area contributed by atoms with Crippen molar-refractivity contribution in [2.75, 3.05) is 32.8 Å². The first-order valence-corrected chi connectivity index (χ1v) is 13.3. The third-order valence-corrected chi connectivity index (χ3v) is 7.57. The van der Waals surface area contributed by atoms with Crippen LogP contribution in [0.5, 0.6) is 5.75 Å². The van der Waals surface area contributed by atoms with Gasteiger partial charge in [-0.05, 0) is 72.9 Å². The van der Waals surface area contributed by atoms with E-state index >= 15 is 0 Å². The number of allylic oxidation sites excluding steroid dienone is 4. The first kappa shape index (κ1) is 27.6. The highest BCUT2D eigenvalue weighted by Crippen LogP contribution is 2.36. The van der Waals surface area contributed by atoms with Crippen molar-refractivity contribution >= 4 is 9.24 Å². The first-order chi connectivity index (χ1) is 17.7. The fraction of sp³-hybridized carbons (Fsp3) is 0.414. The van der Waals surface area contributed by atoms with Gasteiger partial charge in [0.05, 0.1) is 17.3 Å². The second kappa shape index (κ2) is 12.4. The van der Waals surface area contributed by atoms with Crippen molar-refractivity contribution in [2.24, 2.45) is 5.41 Å². The Hall–Kier alpha value is -2.47. The monoisotopic (exact) mass is 529 g/mol. The van der Waals surface area contributed by atoms with Crippen molar-refractivity contribution in [3.63, 3.8) is 0 Å². The van der Waals surface area contributed by atoms with E-state index < -0.39 is 11.7 Å². The molecule has 1 aromatic heterocycles. The molecule has 37 heavy (non-hydrogen) atoms. The largest absolute Gasteiger partial charge is 0.492 e. The molecule has 0 radical (unpaired) electrons. The van der Waals surface area contributed by atoms with Crippen molar-refractivity contribution < 1.29 is 17.9 Å². The third kappa shape index (κ3) is 7.76. The van der Waals surface area contributed by atoms with Crippen LogP contribution in [0.1, 0.15) is 43.5 Å². The average molecular weight is 530 g/mol. The van der Waals surface area contributed by atoms with Gasteiger partial charge in [0, 0.05) is 19.3 Å². The van der Waals surface area contributed by atoms with Crippen LogP contribution in [0.25, 0.3) is 0 Å². The molecule has 2 aromatic rings. The van der Waals surface area contributed by atoms with Gasteiger partial charge < -0.3 is 10.1 Å². The molecule has 0 amide bonds. The molecular weight excluding hydrogens is 494 g/mol. The standard InChI is InChI=1S/C29H35F3N3OP/c1-28(21-34-27(25-10-4-5-16-33-25)22-7-6-8-23(37)13-12-22)14-17-35(18-15-28)19-20-36-26-11-3-2-9-24(26)29(30,31)32/h2-5,7-13,16,27,34H,6,14-15,17-21,37H2,1H3. The van der Waals surface area contributed by atoms with E-state index in [2.05, 4.69) is 61.7 Å². The molecule has 1 fully saturated rings. The number of aromatic nitrogens is 1. The lowest BCUT2D eigenvalue weighted by atomic mass is 9.80. The SMILES string of the molecule is CC1(CNC(C2=CCC=C(P)C=C2)c2ccccn2)CCN(CCOc2ccccc2C(F)(F)F)CC1. The summed E-state index contributed by atoms with van der Waals surface area (Å²) in [4.78, 5) is 6.91. The molecule has 1 aromatic carbocycles. The lowest BCUT2D eigenvalue weighted by Gasteiger charge is -2.40. The molecule has 198 valence electrons. The van der Waals surface area contributed by atoms with Crippen molar-refractivity contribution in [3.8, 4) is 5.75 Å². The van der Waals surface area contributed by atoms with Crippen LogP contribution in [0.4, 0.5) is 13.2 Å². The molecule has 1 N–H and O–H groups in total. The van der Waals surface area contributed by atoms with Gasteiger partial charge in [0.1, 0.15) is 12.4 Å². The zero-order valence-corrected chi connectivity index (χ0v) is 22.3. The zero-order chi connectivity index (χ0) is 26.3. The lowest BCUT2D eigenvalue weighted by Crippen LogP contribution is -2.45. The van der Waals surface area contributed by atoms with Crippen LogP contribution in [-0.2, 0) is 6.18 Å². The van der Waals surface area contributed by atoms with Gasteiger partial charge in [0.2, 0.25) is 0 Å². The molecule has 1 aliphatic carbocycles. The summed E-state index contributed by atoms with van der Waals surface area (Å²) in [6.45, 7) is 5.77. The Morgan fingerprint density at radius 1 is 1.08 bits per heavy atom. The quantitative estimate of drug-likeness (QED) is 0.374. The molecule has 8 heteroatoms. The molecule has 1 aliphatic heterocycles. The zero-order valence-electron chi connectivity index (χ0n) is 21.2. The van der Waals surface area contributed by atoms with Gasteiger partial charge in [0.25, 0.3) is 0 Å². The molecule has 1 saturated heterocycles. The molecule has 2 atom stereocenters. The molecule has 4 nitrogen and oxygen atoms in total. The minimum absolute atomic E-state index is 0.0127. The summed E-state index contributed by atoms with van der Waals surface area (Å²) in [7, 11) is 2.76. The Balaban J connectivity index is 1.30. The van der Waals surface area contributed by atoms with Gasteiger partial charge in [-0.1, -0.05) is 49.4 Å². The van der Waals surface area contributed by atoms with Gasteiger partial charge in [-0.25, -0.2) is 0 Å². The summed E-state index contributed by atoms with van der Waals surface area (Å²) >= 11 is 0. The number of hydrogen-bond donors (Lipinski definition) is 1. The molecule has 2 unspecified atom stereocenters. The number of likely N-dealkylation sites (tertiary alicyclic amines) is 1. The second-order valence-corrected chi connectivity index (χ2v) is 10.7. The maximum atomic E-state index is 13.2. The Morgan fingerprint density at radius 2 is 1.84 bits per heavy atom. The van der Waals surface area contributed by atoms with Crippen LogP contribution in [0, 0.1) is 5.41 Å². The number of nitrogens with one attached hydrogen (secondary N) is 1. The molecule has 0 spiro atoms. The second-order valence-electron chi connectivity index (χ2n) is 10.0. The van der Waals surface area contributed by atoms with Gasteiger partial charge in [-0.2, -0.15) is 13.2 Å². The Bertz CT molecular complexity index is 1120. The Kier molecular flexibility index (Phi) is 9.22. The minimum Gasteiger partial charge on any atom is -0.492 e. The number of alkyl halides is 3. The smallest absolute Gasteiger partial charge is 0.419 e. The molecule has 4 rings (SSSR count). The van der Waals surface area contributed by atoms with Gasteiger partial charge in [-0.3, -0.25) is 9.88 Å². The van der Waals surface area contributed by atoms with Crippen molar-refractivity contribution in [3.05, 3.63) is 95.1 Å². The topological polar surface area (TPSA) is 37.4 Å². The normalized spacial score (nSPS) is 19.1. The van der Waals surface area contributed by atoms with Crippen LogP contribution in [-0.4, -0.2) is 42.7 Å². The summed E-state index contributed by atoms with van der Waals surface area (Å²) in [5.74, 6) is -0.104. The number of para-hydroxylation sites is 1. The van der Waals surface area contributed by atoms with E-state index in [9.17, 15) is 13.2 Å². The number of hydrogen-bond acceptors (Lipinski definition) is 4. The number of nitrogens with zero attached hydrogens (tertiary/aromatic N) is 2. The summed E-state index contributed by atoms with van der Waals surface area (Å²) in [6.07, 6.45) is 9.03. The molecular formula is C29H35F3N3OP. The van der Waals surface area contributed by atoms with Crippen LogP contribution < -0.4 is 10.1 Å². The van der Waals surface area contributed by atoms with Gasteiger partial charge in [0.15, 0.2) is 0 Å². The minimum atomic E-state index is -4.42. The highest BCUT2D eigenvalue weighted by Gasteiger charge is 2.34. The molecule has 0 bridgehead atoms. The van der Waals surface area contributed by atoms with Crippen molar-refractivity contribution in [1.82, 2.24) is 15.2 Å². The lowest BCUT2D eigenvalue weighted by molar-refractivity contribution is -0.139. The average Bonchev–Trinajstić information content (AvgIpc) is 3.10. The third-order valence-electron chi connectivity index (χ3n) is 7.15. The maximum absolute atomic E-state index is 13.2. The van der Waals surface area contributed by atoms with Crippen LogP contribution in [0.15, 0.2) is 83.9 Å². The fourth-order valence-electron chi connectivity index (χ4n) is 4.77. The fourth-order valence-corrected chi connectivity index (χ4v) is 5.00. The molecule has 0 saturated carbocycles. The maximum Gasteiger partial charge on any atom is 0.419 e. The van der Waals surface area contributed by atoms with Crippen LogP contribution in [0.3, 0.4) is 0 Å². The number of pyridine rings is 1. The predicted octanol–water partition coefficient (Wildman–Crippen LogP) is 6.56. The van der Waals surface area contributed by atoms with Gasteiger partial charge in [-0.15, -0.1) is 9.24 Å². The van der Waals surface area contributed by atoms with E-state index in [1.54, 1.807) is 6.07 Å². The summed E-state index contributed by atoms with van der Waals surface area (Å²) in [5, 5.41) is 4.97. The van der Waals surface area contributed by atoms with Crippen LogP contribution in [0.2, 0.25) is 0 Å². The number of halogens is 3. The van der Waals surface area contributed by atoms with Gasteiger partial charge >= 0.3 is 6.18 Å². The van der Waals surface area contributed by atoms with E-state index in [4.69, 9.17) is 4.74 Å². The summed E-state index contributed by atoms with van der Waals surface area (Å²) in [6, 6.07) is 11.4. The van der Waals surface area contributed by atoms with E-state index in [1.165, 1.54) is 23.0 Å². The summed E-state index contributed by atoms with van der Waals surface area (Å²) in [5.41, 5.74) is 1.61. The number of rotatable bonds is 9. The Labute approximate surface area is 219 Å². The number of benzene rings is 1. The summed E-state index contributed by atoms with van der Waals surface area (Å²) < 4.78 is 45.1. The van der Waals surface area contributed by atoms with Crippen molar-refractivity contribution in [2.45, 2.75) is 38.4 Å². The highest BCUT2D eigenvalue weighted by molar-refractivity contribution is 7.22.